The van der Waals surface area contributed by atoms with Gasteiger partial charge >= 0.3 is 0 Å². The summed E-state index contributed by atoms with van der Waals surface area (Å²) in [5, 5.41) is 0. The lowest BCUT2D eigenvalue weighted by molar-refractivity contribution is 0.390. The van der Waals surface area contributed by atoms with Gasteiger partial charge in [-0.2, -0.15) is 0 Å². The van der Waals surface area contributed by atoms with Crippen LogP contribution in [0.5, 0.6) is 0 Å². The molecule has 1 aromatic carbocycles. The van der Waals surface area contributed by atoms with Crippen LogP contribution < -0.4 is 0 Å². The number of benzene rings is 1. The molecule has 0 N–H and O–H groups in total. The van der Waals surface area contributed by atoms with Crippen molar-refractivity contribution >= 4 is 15.9 Å². The molecule has 0 amide bonds. The monoisotopic (exact) mass is 253 g/mol. The highest BCUT2D eigenvalue weighted by molar-refractivity contribution is 9.09. The molecule has 14 heavy (non-hydrogen) atoms. The SMILES string of the molecule is CN(CBr)Cc1ccc2c(c1)CCC2. The molecule has 76 valence electrons. The molecular formula is C12H16BrN. The lowest BCUT2D eigenvalue weighted by atomic mass is 10.1. The van der Waals surface area contributed by atoms with E-state index in [1.165, 1.54) is 24.8 Å². The molecule has 0 bridgehead atoms. The van der Waals surface area contributed by atoms with Crippen molar-refractivity contribution in [1.29, 1.82) is 0 Å². The molecule has 0 unspecified atom stereocenters. The van der Waals surface area contributed by atoms with E-state index in [0.717, 1.165) is 12.0 Å². The zero-order chi connectivity index (χ0) is 9.97. The third kappa shape index (κ3) is 2.18. The topological polar surface area (TPSA) is 3.24 Å². The molecule has 0 saturated carbocycles. The summed E-state index contributed by atoms with van der Waals surface area (Å²) in [7, 11) is 2.13. The van der Waals surface area contributed by atoms with Crippen LogP contribution in [0.15, 0.2) is 18.2 Å². The van der Waals surface area contributed by atoms with Gasteiger partial charge in [0.25, 0.3) is 0 Å². The molecule has 0 radical (unpaired) electrons. The first-order valence-corrected chi connectivity index (χ1v) is 6.27. The average Bonchev–Trinajstić information content (AvgIpc) is 2.64. The maximum Gasteiger partial charge on any atom is 0.0542 e. The fourth-order valence-electron chi connectivity index (χ4n) is 2.08. The predicted octanol–water partition coefficient (Wildman–Crippen LogP) is 2.96. The van der Waals surface area contributed by atoms with Crippen LogP contribution in [0.25, 0.3) is 0 Å². The number of aryl methyl sites for hydroxylation is 2. The third-order valence-corrected chi connectivity index (χ3v) is 3.68. The van der Waals surface area contributed by atoms with E-state index in [-0.39, 0.29) is 0 Å². The summed E-state index contributed by atoms with van der Waals surface area (Å²) in [4.78, 5) is 2.26. The van der Waals surface area contributed by atoms with E-state index >= 15 is 0 Å². The minimum atomic E-state index is 0.935. The third-order valence-electron chi connectivity index (χ3n) is 2.82. The minimum Gasteiger partial charge on any atom is -0.292 e. The van der Waals surface area contributed by atoms with Crippen LogP contribution in [-0.2, 0) is 19.4 Å². The van der Waals surface area contributed by atoms with Gasteiger partial charge in [0, 0.05) is 6.54 Å². The second-order valence-electron chi connectivity index (χ2n) is 4.09. The molecule has 1 aliphatic carbocycles. The molecule has 0 aromatic heterocycles. The second-order valence-corrected chi connectivity index (χ2v) is 4.59. The lowest BCUT2D eigenvalue weighted by Crippen LogP contribution is -2.15. The summed E-state index contributed by atoms with van der Waals surface area (Å²) >= 11 is 3.46. The summed E-state index contributed by atoms with van der Waals surface area (Å²) in [6, 6.07) is 6.95. The summed E-state index contributed by atoms with van der Waals surface area (Å²) in [5.74, 6) is 0. The van der Waals surface area contributed by atoms with Crippen molar-refractivity contribution in [3.63, 3.8) is 0 Å². The first-order chi connectivity index (χ1) is 6.79. The number of halogens is 1. The Bertz CT molecular complexity index is 322. The van der Waals surface area contributed by atoms with Crippen molar-refractivity contribution in [1.82, 2.24) is 4.90 Å². The van der Waals surface area contributed by atoms with Crippen LogP contribution in [0.1, 0.15) is 23.1 Å². The molecule has 0 saturated heterocycles. The summed E-state index contributed by atoms with van der Waals surface area (Å²) in [6.45, 7) is 1.04. The van der Waals surface area contributed by atoms with Crippen molar-refractivity contribution < 1.29 is 0 Å². The summed E-state index contributed by atoms with van der Waals surface area (Å²) < 4.78 is 0. The zero-order valence-corrected chi connectivity index (χ0v) is 10.2. The molecule has 0 atom stereocenters. The van der Waals surface area contributed by atoms with Gasteiger partial charge in [0.2, 0.25) is 0 Å². The molecule has 2 rings (SSSR count). The Hall–Kier alpha value is -0.340. The molecule has 0 fully saturated rings. The largest absolute Gasteiger partial charge is 0.292 e. The van der Waals surface area contributed by atoms with Crippen molar-refractivity contribution in [2.24, 2.45) is 0 Å². The Morgan fingerprint density at radius 1 is 1.29 bits per heavy atom. The average molecular weight is 254 g/mol. The predicted molar refractivity (Wildman–Crippen MR) is 63.7 cm³/mol. The highest BCUT2D eigenvalue weighted by atomic mass is 79.9. The second kappa shape index (κ2) is 4.45. The van der Waals surface area contributed by atoms with E-state index < -0.39 is 0 Å². The van der Waals surface area contributed by atoms with Crippen LogP contribution in [0.3, 0.4) is 0 Å². The maximum atomic E-state index is 3.46. The van der Waals surface area contributed by atoms with Crippen molar-refractivity contribution in [3.05, 3.63) is 34.9 Å². The van der Waals surface area contributed by atoms with Gasteiger partial charge in [-0.25, -0.2) is 0 Å². The highest BCUT2D eigenvalue weighted by Gasteiger charge is 2.10. The van der Waals surface area contributed by atoms with Crippen LogP contribution >= 0.6 is 15.9 Å². The van der Waals surface area contributed by atoms with Crippen LogP contribution in [0.4, 0.5) is 0 Å². The van der Waals surface area contributed by atoms with E-state index in [2.05, 4.69) is 46.1 Å². The normalized spacial score (nSPS) is 14.8. The minimum absolute atomic E-state index is 0.935. The fourth-order valence-corrected chi connectivity index (χ4v) is 2.25. The number of fused-ring (bicyclic) bond motifs is 1. The lowest BCUT2D eigenvalue weighted by Gasteiger charge is -2.13. The molecular weight excluding hydrogens is 238 g/mol. The number of alkyl halides is 1. The van der Waals surface area contributed by atoms with Crippen LogP contribution in [0.2, 0.25) is 0 Å². The van der Waals surface area contributed by atoms with E-state index in [1.807, 2.05) is 0 Å². The molecule has 1 nitrogen and oxygen atoms in total. The molecule has 0 aliphatic heterocycles. The summed E-state index contributed by atoms with van der Waals surface area (Å²) in [5.41, 5.74) is 5.51. The smallest absolute Gasteiger partial charge is 0.0542 e. The van der Waals surface area contributed by atoms with Gasteiger partial charge in [-0.15, -0.1) is 0 Å². The van der Waals surface area contributed by atoms with E-state index in [1.54, 1.807) is 11.1 Å². The Morgan fingerprint density at radius 2 is 2.07 bits per heavy atom. The van der Waals surface area contributed by atoms with Gasteiger partial charge in [0.05, 0.1) is 5.45 Å². The maximum absolute atomic E-state index is 3.46. The quantitative estimate of drug-likeness (QED) is 0.592. The van der Waals surface area contributed by atoms with Crippen molar-refractivity contribution in [2.45, 2.75) is 25.8 Å². The first-order valence-electron chi connectivity index (χ1n) is 5.15. The number of rotatable bonds is 3. The Kier molecular flexibility index (Phi) is 3.24. The molecule has 2 heteroatoms. The van der Waals surface area contributed by atoms with Crippen LogP contribution in [-0.4, -0.2) is 17.4 Å². The van der Waals surface area contributed by atoms with Gasteiger partial charge in [0.1, 0.15) is 0 Å². The number of hydrogen-bond donors (Lipinski definition) is 0. The van der Waals surface area contributed by atoms with E-state index in [4.69, 9.17) is 0 Å². The van der Waals surface area contributed by atoms with Gasteiger partial charge < -0.3 is 0 Å². The molecule has 0 heterocycles. The molecule has 0 spiro atoms. The Balaban J connectivity index is 2.12. The van der Waals surface area contributed by atoms with E-state index in [0.29, 0.717) is 0 Å². The van der Waals surface area contributed by atoms with Crippen molar-refractivity contribution in [2.75, 3.05) is 12.5 Å². The Morgan fingerprint density at radius 3 is 2.86 bits per heavy atom. The van der Waals surface area contributed by atoms with Crippen LogP contribution in [0, 0.1) is 0 Å². The standard InChI is InChI=1S/C12H16BrN/c1-14(9-13)8-10-5-6-11-3-2-4-12(11)7-10/h5-7H,2-4,8-9H2,1H3. The van der Waals surface area contributed by atoms with Gasteiger partial charge in [-0.3, -0.25) is 4.90 Å². The van der Waals surface area contributed by atoms with Gasteiger partial charge in [0.15, 0.2) is 0 Å². The molecule has 1 aromatic rings. The molecule has 1 aliphatic rings. The fraction of sp³-hybridized carbons (Fsp3) is 0.500. The van der Waals surface area contributed by atoms with Crippen molar-refractivity contribution in [3.8, 4) is 0 Å². The zero-order valence-electron chi connectivity index (χ0n) is 8.59. The highest BCUT2D eigenvalue weighted by Crippen LogP contribution is 2.23. The first kappa shape index (κ1) is 10.2. The Labute approximate surface area is 94.2 Å². The van der Waals surface area contributed by atoms with Gasteiger partial charge in [-0.1, -0.05) is 34.1 Å². The number of nitrogens with zero attached hydrogens (tertiary/aromatic N) is 1. The summed E-state index contributed by atoms with van der Waals surface area (Å²) in [6.07, 6.45) is 3.90. The number of hydrogen-bond acceptors (Lipinski definition) is 1. The van der Waals surface area contributed by atoms with Gasteiger partial charge in [-0.05, 0) is 43.0 Å². The van der Waals surface area contributed by atoms with E-state index in [9.17, 15) is 0 Å².